The molecule has 4 rings (SSSR count). The topological polar surface area (TPSA) is 60.5 Å². The van der Waals surface area contributed by atoms with Crippen LogP contribution in [-0.4, -0.2) is 46.3 Å². The summed E-state index contributed by atoms with van der Waals surface area (Å²) < 4.78 is 1.97. The van der Waals surface area contributed by atoms with Crippen LogP contribution in [0.2, 0.25) is 0 Å². The summed E-state index contributed by atoms with van der Waals surface area (Å²) in [5.41, 5.74) is 4.67. The van der Waals surface area contributed by atoms with Gasteiger partial charge in [0, 0.05) is 23.9 Å². The van der Waals surface area contributed by atoms with Crippen molar-refractivity contribution < 1.29 is 0 Å². The molecule has 1 aliphatic heterocycles. The van der Waals surface area contributed by atoms with Crippen molar-refractivity contribution in [2.24, 2.45) is 0 Å². The summed E-state index contributed by atoms with van der Waals surface area (Å²) in [6.45, 7) is 9.48. The molecule has 0 radical (unpaired) electrons. The molecule has 3 heterocycles. The Balaban J connectivity index is 2.07. The van der Waals surface area contributed by atoms with Crippen LogP contribution in [-0.2, 0) is 18.3 Å². The molecular formula is C26H34N6. The van der Waals surface area contributed by atoms with Crippen molar-refractivity contribution >= 4 is 11.5 Å². The number of aromatic nitrogens is 3. The highest BCUT2D eigenvalue weighted by atomic mass is 15.4. The molecule has 6 nitrogen and oxygen atoms in total. The number of rotatable bonds is 5. The van der Waals surface area contributed by atoms with Crippen LogP contribution in [0.15, 0.2) is 30.3 Å². The molecule has 2 aromatic heterocycles. The minimum atomic E-state index is -0.200. The van der Waals surface area contributed by atoms with E-state index < -0.39 is 0 Å². The zero-order valence-corrected chi connectivity index (χ0v) is 20.2. The van der Waals surface area contributed by atoms with Crippen molar-refractivity contribution in [1.82, 2.24) is 19.5 Å². The van der Waals surface area contributed by atoms with Crippen molar-refractivity contribution in [3.05, 3.63) is 58.4 Å². The fourth-order valence-electron chi connectivity index (χ4n) is 4.81. The van der Waals surface area contributed by atoms with Crippen LogP contribution in [0.3, 0.4) is 0 Å². The molecule has 1 aromatic carbocycles. The van der Waals surface area contributed by atoms with E-state index in [0.717, 1.165) is 49.4 Å². The molecule has 1 saturated heterocycles. The minimum Gasteiger partial charge on any atom is -0.341 e. The molecule has 0 amide bonds. The largest absolute Gasteiger partial charge is 0.341 e. The fraction of sp³-hybridized carbons (Fsp3) is 0.500. The van der Waals surface area contributed by atoms with Crippen LogP contribution in [0, 0.1) is 11.3 Å². The third-order valence-electron chi connectivity index (χ3n) is 6.42. The van der Waals surface area contributed by atoms with Gasteiger partial charge in [-0.3, -0.25) is 4.90 Å². The summed E-state index contributed by atoms with van der Waals surface area (Å²) in [6, 6.07) is 13.0. The van der Waals surface area contributed by atoms with Crippen molar-refractivity contribution in [2.45, 2.75) is 65.0 Å². The number of benzene rings is 1. The Morgan fingerprint density at radius 2 is 1.88 bits per heavy atom. The van der Waals surface area contributed by atoms with Gasteiger partial charge in [0.1, 0.15) is 17.5 Å². The van der Waals surface area contributed by atoms with Crippen molar-refractivity contribution in [1.29, 1.82) is 5.26 Å². The van der Waals surface area contributed by atoms with Gasteiger partial charge in [-0.2, -0.15) is 9.78 Å². The molecular weight excluding hydrogens is 396 g/mol. The van der Waals surface area contributed by atoms with Crippen LogP contribution < -0.4 is 4.90 Å². The molecule has 0 N–H and O–H groups in total. The average Bonchev–Trinajstić information content (AvgIpc) is 3.41. The molecule has 0 spiro atoms. The zero-order valence-electron chi connectivity index (χ0n) is 20.2. The first-order chi connectivity index (χ1) is 15.3. The quantitative estimate of drug-likeness (QED) is 0.595. The molecule has 32 heavy (non-hydrogen) atoms. The van der Waals surface area contributed by atoms with E-state index in [1.165, 1.54) is 11.1 Å². The Morgan fingerprint density at radius 3 is 2.47 bits per heavy atom. The van der Waals surface area contributed by atoms with E-state index in [4.69, 9.17) is 10.1 Å². The highest BCUT2D eigenvalue weighted by molar-refractivity contribution is 5.70. The summed E-state index contributed by atoms with van der Waals surface area (Å²) in [5, 5.41) is 15.2. The first-order valence-corrected chi connectivity index (χ1v) is 11.6. The van der Waals surface area contributed by atoms with Crippen LogP contribution in [0.1, 0.15) is 68.6 Å². The predicted octanol–water partition coefficient (Wildman–Crippen LogP) is 4.54. The Bertz CT molecular complexity index is 1150. The highest BCUT2D eigenvalue weighted by Gasteiger charge is 2.34. The SMILES string of the molecule is CCc1c(Cc2ccccc2)c(N2CCCC2N(C)C)n2nc(C(C)(C)C)nc2c1C#N. The maximum atomic E-state index is 10.2. The van der Waals surface area contributed by atoms with Gasteiger partial charge in [-0.25, -0.2) is 4.98 Å². The predicted molar refractivity (Wildman–Crippen MR) is 129 cm³/mol. The van der Waals surface area contributed by atoms with E-state index >= 15 is 0 Å². The Morgan fingerprint density at radius 1 is 1.16 bits per heavy atom. The van der Waals surface area contributed by atoms with Gasteiger partial charge in [-0.15, -0.1) is 5.10 Å². The van der Waals surface area contributed by atoms with E-state index in [2.05, 4.69) is 81.9 Å². The molecule has 0 saturated carbocycles. The Kier molecular flexibility index (Phi) is 5.96. The normalized spacial score (nSPS) is 16.8. The first-order valence-electron chi connectivity index (χ1n) is 11.6. The van der Waals surface area contributed by atoms with Gasteiger partial charge in [0.05, 0.1) is 6.17 Å². The second kappa shape index (κ2) is 8.55. The third kappa shape index (κ3) is 3.86. The van der Waals surface area contributed by atoms with Gasteiger partial charge < -0.3 is 4.90 Å². The molecule has 168 valence electrons. The maximum absolute atomic E-state index is 10.2. The monoisotopic (exact) mass is 430 g/mol. The van der Waals surface area contributed by atoms with Crippen LogP contribution >= 0.6 is 0 Å². The smallest absolute Gasteiger partial charge is 0.176 e. The second-order valence-electron chi connectivity index (χ2n) is 9.98. The molecule has 0 bridgehead atoms. The molecule has 1 fully saturated rings. The number of hydrogen-bond acceptors (Lipinski definition) is 5. The average molecular weight is 431 g/mol. The number of hydrogen-bond donors (Lipinski definition) is 0. The molecule has 1 unspecified atom stereocenters. The minimum absolute atomic E-state index is 0.200. The van der Waals surface area contributed by atoms with E-state index in [0.29, 0.717) is 17.4 Å². The van der Waals surface area contributed by atoms with Crippen LogP contribution in [0.4, 0.5) is 5.82 Å². The molecule has 0 aliphatic carbocycles. The van der Waals surface area contributed by atoms with E-state index in [9.17, 15) is 5.26 Å². The summed E-state index contributed by atoms with van der Waals surface area (Å²) in [5.74, 6) is 1.87. The zero-order chi connectivity index (χ0) is 23.0. The van der Waals surface area contributed by atoms with Crippen molar-refractivity contribution in [3.63, 3.8) is 0 Å². The lowest BCUT2D eigenvalue weighted by atomic mass is 9.94. The summed E-state index contributed by atoms with van der Waals surface area (Å²) in [6.07, 6.45) is 4.10. The van der Waals surface area contributed by atoms with E-state index in [-0.39, 0.29) is 5.41 Å². The molecule has 1 aliphatic rings. The van der Waals surface area contributed by atoms with E-state index in [1.54, 1.807) is 0 Å². The number of fused-ring (bicyclic) bond motifs is 1. The molecule has 3 aromatic rings. The lowest BCUT2D eigenvalue weighted by Crippen LogP contribution is -2.42. The van der Waals surface area contributed by atoms with Crippen LogP contribution in [0.25, 0.3) is 5.65 Å². The van der Waals surface area contributed by atoms with Crippen molar-refractivity contribution in [3.8, 4) is 6.07 Å². The summed E-state index contributed by atoms with van der Waals surface area (Å²) in [4.78, 5) is 9.67. The van der Waals surface area contributed by atoms with Gasteiger partial charge in [0.2, 0.25) is 0 Å². The van der Waals surface area contributed by atoms with Gasteiger partial charge in [0.15, 0.2) is 11.5 Å². The lowest BCUT2D eigenvalue weighted by molar-refractivity contribution is 0.299. The molecule has 1 atom stereocenters. The number of nitrogens with zero attached hydrogens (tertiary/aromatic N) is 6. The van der Waals surface area contributed by atoms with Gasteiger partial charge in [-0.1, -0.05) is 58.0 Å². The molecule has 6 heteroatoms. The summed E-state index contributed by atoms with van der Waals surface area (Å²) in [7, 11) is 4.28. The summed E-state index contributed by atoms with van der Waals surface area (Å²) >= 11 is 0. The second-order valence-corrected chi connectivity index (χ2v) is 9.98. The van der Waals surface area contributed by atoms with Gasteiger partial charge >= 0.3 is 0 Å². The number of nitriles is 1. The van der Waals surface area contributed by atoms with Gasteiger partial charge in [-0.05, 0) is 44.5 Å². The van der Waals surface area contributed by atoms with Gasteiger partial charge in [0.25, 0.3) is 0 Å². The van der Waals surface area contributed by atoms with Crippen LogP contribution in [0.5, 0.6) is 0 Å². The standard InChI is InChI=1S/C26H34N6/c1-7-19-20(16-18-12-9-8-10-13-18)24(31-15-11-14-22(31)30(5)6)32-23(21(19)17-27)28-25(29-32)26(2,3)4/h8-10,12-13,22H,7,11,14-16H2,1-6H3. The number of pyridine rings is 1. The number of anilines is 1. The Labute approximate surface area is 191 Å². The maximum Gasteiger partial charge on any atom is 0.176 e. The van der Waals surface area contributed by atoms with Crippen molar-refractivity contribution in [2.75, 3.05) is 25.5 Å². The lowest BCUT2D eigenvalue weighted by Gasteiger charge is -2.34. The Hall–Kier alpha value is -2.91. The third-order valence-corrected chi connectivity index (χ3v) is 6.42. The highest BCUT2D eigenvalue weighted by Crippen LogP contribution is 2.36. The van der Waals surface area contributed by atoms with E-state index in [1.807, 2.05) is 10.6 Å². The fourth-order valence-corrected chi connectivity index (χ4v) is 4.81. The first kappa shape index (κ1) is 22.3.